The van der Waals surface area contributed by atoms with Crippen molar-refractivity contribution in [2.75, 3.05) is 13.2 Å². The molecule has 0 radical (unpaired) electrons. The monoisotopic (exact) mass is 337 g/mol. The maximum atomic E-state index is 12.2. The van der Waals surface area contributed by atoms with E-state index in [1.807, 2.05) is 56.3 Å². The van der Waals surface area contributed by atoms with Gasteiger partial charge in [0.2, 0.25) is 5.91 Å². The van der Waals surface area contributed by atoms with Crippen molar-refractivity contribution in [3.05, 3.63) is 65.2 Å². The Morgan fingerprint density at radius 2 is 2.08 bits per heavy atom. The van der Waals surface area contributed by atoms with Crippen LogP contribution in [0.15, 0.2) is 48.5 Å². The van der Waals surface area contributed by atoms with Crippen LogP contribution in [0.2, 0.25) is 0 Å². The van der Waals surface area contributed by atoms with E-state index in [4.69, 9.17) is 9.47 Å². The van der Waals surface area contributed by atoms with E-state index < -0.39 is 0 Å². The smallest absolute Gasteiger partial charge is 0.244 e. The maximum Gasteiger partial charge on any atom is 0.244 e. The zero-order valence-corrected chi connectivity index (χ0v) is 14.6. The molecule has 1 amide bonds. The first-order valence-electron chi connectivity index (χ1n) is 8.63. The Balaban J connectivity index is 1.57. The molecular weight excluding hydrogens is 314 g/mol. The Morgan fingerprint density at radius 3 is 2.84 bits per heavy atom. The van der Waals surface area contributed by atoms with Crippen LogP contribution in [0.25, 0.3) is 6.08 Å². The van der Waals surface area contributed by atoms with Gasteiger partial charge >= 0.3 is 0 Å². The molecule has 0 bridgehead atoms. The van der Waals surface area contributed by atoms with Crippen LogP contribution >= 0.6 is 0 Å². The third-order valence-electron chi connectivity index (χ3n) is 4.19. The fourth-order valence-corrected chi connectivity index (χ4v) is 2.85. The molecule has 1 N–H and O–H groups in total. The normalized spacial score (nSPS) is 14.0. The van der Waals surface area contributed by atoms with Gasteiger partial charge in [-0.1, -0.05) is 18.2 Å². The molecule has 0 aliphatic carbocycles. The van der Waals surface area contributed by atoms with Crippen LogP contribution < -0.4 is 14.8 Å². The summed E-state index contributed by atoms with van der Waals surface area (Å²) in [7, 11) is 0. The number of carbonyl (C=O) groups is 1. The lowest BCUT2D eigenvalue weighted by molar-refractivity contribution is -0.117. The summed E-state index contributed by atoms with van der Waals surface area (Å²) in [6.45, 7) is 5.30. The number of nitrogens with one attached hydrogen (secondary N) is 1. The molecule has 1 aliphatic rings. The number of benzene rings is 2. The Bertz CT molecular complexity index is 765. The van der Waals surface area contributed by atoms with E-state index in [2.05, 4.69) is 11.4 Å². The third-order valence-corrected chi connectivity index (χ3v) is 4.19. The minimum atomic E-state index is -0.113. The predicted octanol–water partition coefficient (Wildman–Crippen LogP) is 3.91. The number of ether oxygens (including phenoxy) is 2. The SMILES string of the molecule is CCOc1ccc(C(C)NC(=O)/C=C/c2ccc3c(c2)CCO3)cc1. The summed E-state index contributed by atoms with van der Waals surface area (Å²) in [5.41, 5.74) is 3.25. The van der Waals surface area contributed by atoms with Gasteiger partial charge in [-0.15, -0.1) is 0 Å². The molecule has 0 fully saturated rings. The summed E-state index contributed by atoms with van der Waals surface area (Å²) < 4.78 is 10.9. The first-order valence-corrected chi connectivity index (χ1v) is 8.63. The van der Waals surface area contributed by atoms with E-state index in [0.29, 0.717) is 6.61 Å². The molecule has 0 saturated carbocycles. The fraction of sp³-hybridized carbons (Fsp3) is 0.286. The van der Waals surface area contributed by atoms with E-state index in [1.165, 1.54) is 5.56 Å². The number of carbonyl (C=O) groups excluding carboxylic acids is 1. The van der Waals surface area contributed by atoms with Crippen molar-refractivity contribution in [3.8, 4) is 11.5 Å². The Kier molecular flexibility index (Phi) is 5.39. The largest absolute Gasteiger partial charge is 0.494 e. The lowest BCUT2D eigenvalue weighted by Crippen LogP contribution is -2.24. The van der Waals surface area contributed by atoms with Gasteiger partial charge in [0.15, 0.2) is 0 Å². The molecule has 0 aromatic heterocycles. The second-order valence-corrected chi connectivity index (χ2v) is 6.03. The van der Waals surface area contributed by atoms with E-state index in [1.54, 1.807) is 6.08 Å². The first-order chi connectivity index (χ1) is 12.2. The molecule has 0 spiro atoms. The average Bonchev–Trinajstić information content (AvgIpc) is 3.08. The zero-order chi connectivity index (χ0) is 17.6. The molecule has 2 aromatic carbocycles. The highest BCUT2D eigenvalue weighted by Gasteiger charge is 2.11. The van der Waals surface area contributed by atoms with Gasteiger partial charge < -0.3 is 14.8 Å². The zero-order valence-electron chi connectivity index (χ0n) is 14.6. The number of amides is 1. The highest BCUT2D eigenvalue weighted by Crippen LogP contribution is 2.26. The maximum absolute atomic E-state index is 12.2. The van der Waals surface area contributed by atoms with Crippen LogP contribution in [0.1, 0.15) is 36.6 Å². The van der Waals surface area contributed by atoms with Crippen LogP contribution in [-0.4, -0.2) is 19.1 Å². The van der Waals surface area contributed by atoms with Crippen molar-refractivity contribution in [1.82, 2.24) is 5.32 Å². The van der Waals surface area contributed by atoms with Gasteiger partial charge in [0, 0.05) is 12.5 Å². The molecule has 1 heterocycles. The molecule has 25 heavy (non-hydrogen) atoms. The Morgan fingerprint density at radius 1 is 1.28 bits per heavy atom. The number of rotatable bonds is 6. The van der Waals surface area contributed by atoms with Crippen LogP contribution in [-0.2, 0) is 11.2 Å². The summed E-state index contributed by atoms with van der Waals surface area (Å²) in [4.78, 5) is 12.2. The molecular formula is C21H23NO3. The second-order valence-electron chi connectivity index (χ2n) is 6.03. The van der Waals surface area contributed by atoms with E-state index in [-0.39, 0.29) is 11.9 Å². The van der Waals surface area contributed by atoms with Crippen molar-refractivity contribution in [2.45, 2.75) is 26.3 Å². The topological polar surface area (TPSA) is 47.6 Å². The quantitative estimate of drug-likeness (QED) is 0.813. The van der Waals surface area contributed by atoms with Gasteiger partial charge in [-0.25, -0.2) is 0 Å². The van der Waals surface area contributed by atoms with Crippen LogP contribution in [0.5, 0.6) is 11.5 Å². The molecule has 1 atom stereocenters. The summed E-state index contributed by atoms with van der Waals surface area (Å²) in [6.07, 6.45) is 4.33. The van der Waals surface area contributed by atoms with Gasteiger partial charge in [0.25, 0.3) is 0 Å². The van der Waals surface area contributed by atoms with E-state index >= 15 is 0 Å². The molecule has 2 aromatic rings. The number of hydrogen-bond donors (Lipinski definition) is 1. The van der Waals surface area contributed by atoms with Crippen molar-refractivity contribution in [3.63, 3.8) is 0 Å². The summed E-state index contributed by atoms with van der Waals surface area (Å²) in [6, 6.07) is 13.7. The van der Waals surface area contributed by atoms with Crippen LogP contribution in [0, 0.1) is 0 Å². The van der Waals surface area contributed by atoms with E-state index in [9.17, 15) is 4.79 Å². The molecule has 0 saturated heterocycles. The molecule has 1 aliphatic heterocycles. The molecule has 4 heteroatoms. The highest BCUT2D eigenvalue weighted by atomic mass is 16.5. The van der Waals surface area contributed by atoms with Crippen LogP contribution in [0.4, 0.5) is 0 Å². The lowest BCUT2D eigenvalue weighted by Gasteiger charge is -2.13. The third kappa shape index (κ3) is 4.41. The predicted molar refractivity (Wildman–Crippen MR) is 98.8 cm³/mol. The Hall–Kier alpha value is -2.75. The van der Waals surface area contributed by atoms with Crippen molar-refractivity contribution in [2.24, 2.45) is 0 Å². The summed E-state index contributed by atoms with van der Waals surface area (Å²) >= 11 is 0. The molecule has 1 unspecified atom stereocenters. The standard InChI is InChI=1S/C21H23NO3/c1-3-24-19-8-6-17(7-9-19)15(2)22-21(23)11-5-16-4-10-20-18(14-16)12-13-25-20/h4-11,14-15H,3,12-13H2,1-2H3,(H,22,23)/b11-5+. The fourth-order valence-electron chi connectivity index (χ4n) is 2.85. The van der Waals surface area contributed by atoms with Crippen molar-refractivity contribution in [1.29, 1.82) is 0 Å². The number of hydrogen-bond acceptors (Lipinski definition) is 3. The number of fused-ring (bicyclic) bond motifs is 1. The average molecular weight is 337 g/mol. The lowest BCUT2D eigenvalue weighted by atomic mass is 10.1. The van der Waals surface area contributed by atoms with Crippen molar-refractivity contribution < 1.29 is 14.3 Å². The van der Waals surface area contributed by atoms with Gasteiger partial charge in [0.05, 0.1) is 19.3 Å². The highest BCUT2D eigenvalue weighted by molar-refractivity contribution is 5.92. The summed E-state index contributed by atoms with van der Waals surface area (Å²) in [5.74, 6) is 1.68. The van der Waals surface area contributed by atoms with Gasteiger partial charge in [-0.05, 0) is 60.9 Å². The van der Waals surface area contributed by atoms with Crippen molar-refractivity contribution >= 4 is 12.0 Å². The second kappa shape index (κ2) is 7.88. The molecule has 4 nitrogen and oxygen atoms in total. The summed E-state index contributed by atoms with van der Waals surface area (Å²) in [5, 5.41) is 2.98. The van der Waals surface area contributed by atoms with Crippen LogP contribution in [0.3, 0.4) is 0 Å². The van der Waals surface area contributed by atoms with Gasteiger partial charge in [-0.2, -0.15) is 0 Å². The minimum absolute atomic E-state index is 0.0683. The first kappa shape index (κ1) is 17.1. The molecule has 130 valence electrons. The Labute approximate surface area is 148 Å². The van der Waals surface area contributed by atoms with E-state index in [0.717, 1.165) is 35.7 Å². The van der Waals surface area contributed by atoms with Gasteiger partial charge in [0.1, 0.15) is 11.5 Å². The molecule has 3 rings (SSSR count). The minimum Gasteiger partial charge on any atom is -0.494 e. The van der Waals surface area contributed by atoms with Gasteiger partial charge in [-0.3, -0.25) is 4.79 Å².